The van der Waals surface area contributed by atoms with Crippen molar-refractivity contribution in [3.8, 4) is 0 Å². The maximum absolute atomic E-state index is 12.2. The van der Waals surface area contributed by atoms with E-state index in [4.69, 9.17) is 0 Å². The molecule has 0 N–H and O–H groups in total. The first-order chi connectivity index (χ1) is 9.25. The molecule has 0 bridgehead atoms. The minimum absolute atomic E-state index is 0.0563. The number of likely N-dealkylation sites (tertiary alicyclic amines) is 1. The van der Waals surface area contributed by atoms with Crippen molar-refractivity contribution in [3.05, 3.63) is 0 Å². The standard InChI is InChI=1S/C14H28N2O3S/c1-5-13(3)16(20(4,18)19)11-8-14(17)15-9-6-12(2)7-10-15/h12-13H,5-11H2,1-4H3. The Bertz CT molecular complexity index is 414. The molecule has 0 radical (unpaired) electrons. The molecule has 0 aliphatic carbocycles. The van der Waals surface area contributed by atoms with Crippen LogP contribution in [0.25, 0.3) is 0 Å². The Morgan fingerprint density at radius 3 is 2.35 bits per heavy atom. The van der Waals surface area contributed by atoms with Crippen LogP contribution < -0.4 is 0 Å². The fraction of sp³-hybridized carbons (Fsp3) is 0.929. The van der Waals surface area contributed by atoms with Crippen molar-refractivity contribution in [3.63, 3.8) is 0 Å². The van der Waals surface area contributed by atoms with Crippen LogP contribution in [0.1, 0.15) is 46.5 Å². The van der Waals surface area contributed by atoms with Crippen LogP contribution in [-0.2, 0) is 14.8 Å². The van der Waals surface area contributed by atoms with Gasteiger partial charge in [-0.15, -0.1) is 0 Å². The molecule has 0 saturated carbocycles. The topological polar surface area (TPSA) is 57.7 Å². The molecule has 1 rings (SSSR count). The molecule has 6 heteroatoms. The van der Waals surface area contributed by atoms with Crippen molar-refractivity contribution in [2.24, 2.45) is 5.92 Å². The van der Waals surface area contributed by atoms with Crippen molar-refractivity contribution in [1.29, 1.82) is 0 Å². The molecule has 1 fully saturated rings. The maximum atomic E-state index is 12.2. The molecule has 1 saturated heterocycles. The van der Waals surface area contributed by atoms with E-state index in [-0.39, 0.29) is 18.4 Å². The summed E-state index contributed by atoms with van der Waals surface area (Å²) in [5.41, 5.74) is 0. The van der Waals surface area contributed by atoms with Gasteiger partial charge in [0, 0.05) is 32.1 Å². The first-order valence-electron chi connectivity index (χ1n) is 7.50. The first kappa shape index (κ1) is 17.4. The highest BCUT2D eigenvalue weighted by Crippen LogP contribution is 2.17. The lowest BCUT2D eigenvalue weighted by Crippen LogP contribution is -2.42. The number of piperidine rings is 1. The van der Waals surface area contributed by atoms with Crippen molar-refractivity contribution in [2.75, 3.05) is 25.9 Å². The molecule has 0 aromatic carbocycles. The highest BCUT2D eigenvalue weighted by molar-refractivity contribution is 7.88. The number of sulfonamides is 1. The Balaban J connectivity index is 2.53. The molecule has 1 heterocycles. The first-order valence-corrected chi connectivity index (χ1v) is 9.35. The van der Waals surface area contributed by atoms with E-state index in [1.54, 1.807) is 0 Å². The van der Waals surface area contributed by atoms with E-state index in [0.717, 1.165) is 32.4 Å². The van der Waals surface area contributed by atoms with Gasteiger partial charge in [-0.3, -0.25) is 4.79 Å². The van der Waals surface area contributed by atoms with E-state index < -0.39 is 10.0 Å². The van der Waals surface area contributed by atoms with Gasteiger partial charge in [-0.2, -0.15) is 4.31 Å². The molecule has 0 aromatic heterocycles. The second-order valence-corrected chi connectivity index (χ2v) is 7.88. The predicted octanol–water partition coefficient (Wildman–Crippen LogP) is 1.70. The monoisotopic (exact) mass is 304 g/mol. The van der Waals surface area contributed by atoms with E-state index in [1.165, 1.54) is 10.6 Å². The molecule has 1 amide bonds. The summed E-state index contributed by atoms with van der Waals surface area (Å²) in [5, 5.41) is 0. The van der Waals surface area contributed by atoms with Gasteiger partial charge in [0.15, 0.2) is 0 Å². The Morgan fingerprint density at radius 2 is 1.90 bits per heavy atom. The molecule has 0 spiro atoms. The molecule has 1 aliphatic rings. The SMILES string of the molecule is CCC(C)N(CCC(=O)N1CCC(C)CC1)S(C)(=O)=O. The summed E-state index contributed by atoms with van der Waals surface area (Å²) in [7, 11) is -3.25. The zero-order chi connectivity index (χ0) is 15.3. The summed E-state index contributed by atoms with van der Waals surface area (Å²) in [4.78, 5) is 14.0. The highest BCUT2D eigenvalue weighted by atomic mass is 32.2. The number of carbonyl (C=O) groups excluding carboxylic acids is 1. The van der Waals surface area contributed by atoms with E-state index >= 15 is 0 Å². The molecule has 20 heavy (non-hydrogen) atoms. The van der Waals surface area contributed by atoms with E-state index in [0.29, 0.717) is 12.5 Å². The molecule has 118 valence electrons. The Hall–Kier alpha value is -0.620. The van der Waals surface area contributed by atoms with Crippen LogP contribution in [0.2, 0.25) is 0 Å². The summed E-state index contributed by atoms with van der Waals surface area (Å²) in [6.45, 7) is 7.95. The van der Waals surface area contributed by atoms with Gasteiger partial charge >= 0.3 is 0 Å². The number of rotatable bonds is 6. The quantitative estimate of drug-likeness (QED) is 0.750. The third-order valence-corrected chi connectivity index (χ3v) is 5.59. The van der Waals surface area contributed by atoms with Crippen LogP contribution in [0.5, 0.6) is 0 Å². The fourth-order valence-electron chi connectivity index (χ4n) is 2.54. The second-order valence-electron chi connectivity index (χ2n) is 5.94. The van der Waals surface area contributed by atoms with E-state index in [9.17, 15) is 13.2 Å². The average molecular weight is 304 g/mol. The summed E-state index contributed by atoms with van der Waals surface area (Å²) in [6, 6.07) is -0.0563. The third-order valence-electron chi connectivity index (χ3n) is 4.19. The zero-order valence-electron chi connectivity index (χ0n) is 13.1. The highest BCUT2D eigenvalue weighted by Gasteiger charge is 2.25. The fourth-order valence-corrected chi connectivity index (χ4v) is 3.76. The number of amides is 1. The predicted molar refractivity (Wildman–Crippen MR) is 80.9 cm³/mol. The van der Waals surface area contributed by atoms with Crippen molar-refractivity contribution >= 4 is 15.9 Å². The van der Waals surface area contributed by atoms with Gasteiger partial charge in [-0.25, -0.2) is 8.42 Å². The average Bonchev–Trinajstić information content (AvgIpc) is 2.37. The van der Waals surface area contributed by atoms with Gasteiger partial charge in [-0.1, -0.05) is 13.8 Å². The zero-order valence-corrected chi connectivity index (χ0v) is 13.9. The molecule has 1 unspecified atom stereocenters. The van der Waals surface area contributed by atoms with Crippen molar-refractivity contribution < 1.29 is 13.2 Å². The van der Waals surface area contributed by atoms with Crippen LogP contribution in [0, 0.1) is 5.92 Å². The van der Waals surface area contributed by atoms with E-state index in [2.05, 4.69) is 6.92 Å². The second kappa shape index (κ2) is 7.41. The molecule has 5 nitrogen and oxygen atoms in total. The van der Waals surface area contributed by atoms with Gasteiger partial charge in [0.1, 0.15) is 0 Å². The number of carbonyl (C=O) groups is 1. The Labute approximate surface area is 123 Å². The van der Waals surface area contributed by atoms with Gasteiger partial charge < -0.3 is 4.90 Å². The molecular weight excluding hydrogens is 276 g/mol. The van der Waals surface area contributed by atoms with Crippen molar-refractivity contribution in [2.45, 2.75) is 52.5 Å². The van der Waals surface area contributed by atoms with Crippen LogP contribution in [0.3, 0.4) is 0 Å². The summed E-state index contributed by atoms with van der Waals surface area (Å²) in [5.74, 6) is 0.764. The van der Waals surface area contributed by atoms with E-state index in [1.807, 2.05) is 18.7 Å². The molecule has 1 aliphatic heterocycles. The van der Waals surface area contributed by atoms with Crippen LogP contribution in [0.15, 0.2) is 0 Å². The van der Waals surface area contributed by atoms with Crippen LogP contribution in [0.4, 0.5) is 0 Å². The lowest BCUT2D eigenvalue weighted by atomic mass is 9.99. The maximum Gasteiger partial charge on any atom is 0.223 e. The largest absolute Gasteiger partial charge is 0.343 e. The number of hydrogen-bond donors (Lipinski definition) is 0. The van der Waals surface area contributed by atoms with Crippen LogP contribution in [-0.4, -0.2) is 55.5 Å². The third kappa shape index (κ3) is 5.05. The minimum Gasteiger partial charge on any atom is -0.343 e. The normalized spacial score (nSPS) is 19.4. The lowest BCUT2D eigenvalue weighted by molar-refractivity contribution is -0.132. The lowest BCUT2D eigenvalue weighted by Gasteiger charge is -2.31. The van der Waals surface area contributed by atoms with Gasteiger partial charge in [-0.05, 0) is 32.1 Å². The van der Waals surface area contributed by atoms with Gasteiger partial charge in [0.2, 0.25) is 15.9 Å². The smallest absolute Gasteiger partial charge is 0.223 e. The Morgan fingerprint density at radius 1 is 1.35 bits per heavy atom. The van der Waals surface area contributed by atoms with Gasteiger partial charge in [0.05, 0.1) is 6.26 Å². The summed E-state index contributed by atoms with van der Waals surface area (Å²) >= 11 is 0. The minimum atomic E-state index is -3.25. The number of hydrogen-bond acceptors (Lipinski definition) is 3. The molecule has 0 aromatic rings. The summed E-state index contributed by atoms with van der Waals surface area (Å²) in [6.07, 6.45) is 4.35. The van der Waals surface area contributed by atoms with Crippen LogP contribution >= 0.6 is 0 Å². The molecule has 1 atom stereocenters. The molecular formula is C14H28N2O3S. The summed E-state index contributed by atoms with van der Waals surface area (Å²) < 4.78 is 25.0. The number of nitrogens with zero attached hydrogens (tertiary/aromatic N) is 2. The van der Waals surface area contributed by atoms with Gasteiger partial charge in [0.25, 0.3) is 0 Å². The van der Waals surface area contributed by atoms with Crippen molar-refractivity contribution in [1.82, 2.24) is 9.21 Å². The Kier molecular flexibility index (Phi) is 6.45.